The van der Waals surface area contributed by atoms with Crippen LogP contribution in [-0.2, 0) is 19.1 Å². The van der Waals surface area contributed by atoms with E-state index in [0.717, 1.165) is 9.79 Å². The van der Waals surface area contributed by atoms with Gasteiger partial charge in [-0.05, 0) is 24.3 Å². The summed E-state index contributed by atoms with van der Waals surface area (Å²) in [5, 5.41) is 25.0. The molecular weight excluding hydrogens is 584 g/mol. The Balaban J connectivity index is 1.51. The molecule has 0 fully saturated rings. The number of aromatic nitrogens is 2. The van der Waals surface area contributed by atoms with Gasteiger partial charge in [-0.2, -0.15) is 0 Å². The van der Waals surface area contributed by atoms with Crippen LogP contribution in [0.2, 0.25) is 0 Å². The number of aliphatic hydroxyl groups is 2. The van der Waals surface area contributed by atoms with Gasteiger partial charge in [-0.3, -0.25) is 19.6 Å². The van der Waals surface area contributed by atoms with E-state index in [1.165, 1.54) is 48.2 Å². The molecule has 0 aliphatic heterocycles. The molecule has 4 rings (SSSR count). The fourth-order valence-corrected chi connectivity index (χ4v) is 6.16. The van der Waals surface area contributed by atoms with Gasteiger partial charge in [0, 0.05) is 33.0 Å². The second-order valence-electron chi connectivity index (χ2n) is 8.73. The molecule has 0 unspecified atom stereocenters. The molecule has 2 aromatic heterocycles. The van der Waals surface area contributed by atoms with Crippen molar-refractivity contribution >= 4 is 67.1 Å². The molecule has 4 aromatic rings. The van der Waals surface area contributed by atoms with Crippen LogP contribution in [0.3, 0.4) is 0 Å². The van der Waals surface area contributed by atoms with E-state index in [4.69, 9.17) is 0 Å². The molecule has 0 saturated carbocycles. The maximum Gasteiger partial charge on any atom is 0.330 e. The highest BCUT2D eigenvalue weighted by molar-refractivity contribution is 8.76. The number of hydrogen-bond donors (Lipinski definition) is 4. The summed E-state index contributed by atoms with van der Waals surface area (Å²) in [5.41, 5.74) is 1.76. The lowest BCUT2D eigenvalue weighted by Gasteiger charge is -2.14. The normalized spacial score (nSPS) is 12.4. The highest BCUT2D eigenvalue weighted by Crippen LogP contribution is 2.42. The Kier molecular flexibility index (Phi) is 10.3. The third-order valence-electron chi connectivity index (χ3n) is 6.04. The molecule has 12 nitrogen and oxygen atoms in total. The van der Waals surface area contributed by atoms with Crippen LogP contribution in [-0.4, -0.2) is 83.5 Å². The third kappa shape index (κ3) is 6.97. The molecule has 0 radical (unpaired) electrons. The number of benzene rings is 2. The highest BCUT2D eigenvalue weighted by Gasteiger charge is 2.23. The van der Waals surface area contributed by atoms with Crippen molar-refractivity contribution in [1.29, 1.82) is 0 Å². The molecule has 2 aromatic carbocycles. The van der Waals surface area contributed by atoms with Gasteiger partial charge in [0.15, 0.2) is 12.1 Å². The van der Waals surface area contributed by atoms with Crippen molar-refractivity contribution in [3.63, 3.8) is 0 Å². The van der Waals surface area contributed by atoms with Crippen LogP contribution in [0.25, 0.3) is 21.8 Å². The summed E-state index contributed by atoms with van der Waals surface area (Å²) < 4.78 is 9.16. The first-order valence-corrected chi connectivity index (χ1v) is 14.6. The molecule has 0 aliphatic rings. The van der Waals surface area contributed by atoms with E-state index in [-0.39, 0.29) is 11.1 Å². The molecule has 0 bridgehead atoms. The van der Waals surface area contributed by atoms with Crippen LogP contribution in [0.1, 0.15) is 20.7 Å². The summed E-state index contributed by atoms with van der Waals surface area (Å²) in [6.07, 6.45) is 2.79. The summed E-state index contributed by atoms with van der Waals surface area (Å²) in [4.78, 5) is 59.3. The quantitative estimate of drug-likeness (QED) is 0.144. The average molecular weight is 611 g/mol. The van der Waals surface area contributed by atoms with Gasteiger partial charge in [-0.1, -0.05) is 45.9 Å². The summed E-state index contributed by atoms with van der Waals surface area (Å²) in [5.74, 6) is -2.67. The van der Waals surface area contributed by atoms with Crippen LogP contribution in [0.15, 0.2) is 70.7 Å². The molecule has 4 N–H and O–H groups in total. The number of ether oxygens (including phenoxy) is 2. The number of aliphatic hydroxyl groups excluding tert-OH is 2. The van der Waals surface area contributed by atoms with Crippen LogP contribution in [0.5, 0.6) is 0 Å². The molecule has 0 aliphatic carbocycles. The maximum absolute atomic E-state index is 12.6. The molecule has 14 heteroatoms. The topological polar surface area (TPSA) is 177 Å². The van der Waals surface area contributed by atoms with E-state index in [1.807, 2.05) is 36.4 Å². The van der Waals surface area contributed by atoms with Crippen LogP contribution in [0, 0.1) is 0 Å². The van der Waals surface area contributed by atoms with Crippen LogP contribution in [0.4, 0.5) is 0 Å². The number of amides is 2. The number of nitrogens with one attached hydrogen (secondary N) is 2. The number of carbonyl (C=O) groups excluding carboxylic acids is 4. The number of pyridine rings is 2. The van der Waals surface area contributed by atoms with Crippen molar-refractivity contribution in [3.05, 3.63) is 72.1 Å². The SMILES string of the molecule is COC(=O)[C@H](CO)NC(=O)c1cnc2c(SSc3cccc4cc(C(=O)N[C@@H](CO)C(=O)OC)cnc34)cccc2c1. The molecule has 2 atom stereocenters. The minimum Gasteiger partial charge on any atom is -0.467 e. The summed E-state index contributed by atoms with van der Waals surface area (Å²) >= 11 is 0. The summed E-state index contributed by atoms with van der Waals surface area (Å²) in [6, 6.07) is 12.0. The van der Waals surface area contributed by atoms with Gasteiger partial charge in [-0.25, -0.2) is 9.59 Å². The lowest BCUT2D eigenvalue weighted by atomic mass is 10.1. The monoisotopic (exact) mass is 610 g/mol. The Morgan fingerprint density at radius 1 is 0.738 bits per heavy atom. The molecule has 218 valence electrons. The Bertz CT molecular complexity index is 1530. The van der Waals surface area contributed by atoms with Crippen molar-refractivity contribution in [1.82, 2.24) is 20.6 Å². The van der Waals surface area contributed by atoms with Crippen molar-refractivity contribution in [2.45, 2.75) is 21.9 Å². The van der Waals surface area contributed by atoms with Crippen molar-refractivity contribution in [2.75, 3.05) is 27.4 Å². The van der Waals surface area contributed by atoms with Gasteiger partial charge in [0.25, 0.3) is 11.8 Å². The van der Waals surface area contributed by atoms with Gasteiger partial charge in [0.05, 0.1) is 49.6 Å². The first kappa shape index (κ1) is 30.7. The standard InChI is InChI=1S/C28H26N4O8S2/c1-39-27(37)19(13-33)31-25(35)17-9-15-5-3-7-21(23(15)29-11-17)41-42-22-8-4-6-16-10-18(12-30-24(16)22)26(36)32-20(14-34)28(38)40-2/h3-12,19-20,33-34H,13-14H2,1-2H3,(H,31,35)(H,32,36)/t19-,20-/m0/s1. The minimum absolute atomic E-state index is 0.217. The first-order chi connectivity index (χ1) is 20.3. The molecule has 0 saturated heterocycles. The smallest absolute Gasteiger partial charge is 0.330 e. The van der Waals surface area contributed by atoms with Gasteiger partial charge in [-0.15, -0.1) is 0 Å². The maximum atomic E-state index is 12.6. The largest absolute Gasteiger partial charge is 0.467 e. The number of fused-ring (bicyclic) bond motifs is 2. The predicted octanol–water partition coefficient (Wildman–Crippen LogP) is 2.11. The van der Waals surface area contributed by atoms with E-state index in [2.05, 4.69) is 30.1 Å². The zero-order valence-corrected chi connectivity index (χ0v) is 24.0. The third-order valence-corrected chi connectivity index (χ3v) is 8.47. The number of hydrogen-bond acceptors (Lipinski definition) is 12. The molecule has 2 amide bonds. The number of esters is 2. The Labute approximate surface area is 247 Å². The zero-order chi connectivity index (χ0) is 30.2. The van der Waals surface area contributed by atoms with Crippen molar-refractivity contribution in [3.8, 4) is 0 Å². The Morgan fingerprint density at radius 2 is 1.14 bits per heavy atom. The van der Waals surface area contributed by atoms with Crippen molar-refractivity contribution < 1.29 is 38.9 Å². The van der Waals surface area contributed by atoms with Crippen molar-refractivity contribution in [2.24, 2.45) is 0 Å². The van der Waals surface area contributed by atoms with E-state index < -0.39 is 49.1 Å². The summed E-state index contributed by atoms with van der Waals surface area (Å²) in [7, 11) is 5.22. The van der Waals surface area contributed by atoms with Gasteiger partial charge >= 0.3 is 11.9 Å². The number of methoxy groups -OCH3 is 2. The Hall–Kier alpha value is -4.24. The number of para-hydroxylation sites is 2. The van der Waals surface area contributed by atoms with E-state index in [1.54, 1.807) is 12.1 Å². The number of carbonyl (C=O) groups is 4. The fraction of sp³-hybridized carbons (Fsp3) is 0.214. The minimum atomic E-state index is -1.19. The van der Waals surface area contributed by atoms with E-state index in [9.17, 15) is 29.4 Å². The lowest BCUT2D eigenvalue weighted by Crippen LogP contribution is -2.44. The van der Waals surface area contributed by atoms with Gasteiger partial charge in [0.1, 0.15) is 0 Å². The lowest BCUT2D eigenvalue weighted by molar-refractivity contribution is -0.144. The van der Waals surface area contributed by atoms with Gasteiger partial charge in [0.2, 0.25) is 0 Å². The molecule has 0 spiro atoms. The average Bonchev–Trinajstić information content (AvgIpc) is 3.03. The Morgan fingerprint density at radius 3 is 1.50 bits per heavy atom. The second-order valence-corrected chi connectivity index (χ2v) is 10.9. The summed E-state index contributed by atoms with van der Waals surface area (Å²) in [6.45, 7) is -1.21. The number of rotatable bonds is 11. The first-order valence-electron chi connectivity index (χ1n) is 12.4. The fourth-order valence-electron chi connectivity index (χ4n) is 3.86. The molecule has 42 heavy (non-hydrogen) atoms. The zero-order valence-electron chi connectivity index (χ0n) is 22.4. The predicted molar refractivity (Wildman–Crippen MR) is 156 cm³/mol. The highest BCUT2D eigenvalue weighted by atomic mass is 33.1. The van der Waals surface area contributed by atoms with Gasteiger partial charge < -0.3 is 30.3 Å². The number of nitrogens with zero attached hydrogens (tertiary/aromatic N) is 2. The van der Waals surface area contributed by atoms with Crippen LogP contribution < -0.4 is 10.6 Å². The van der Waals surface area contributed by atoms with Crippen LogP contribution >= 0.6 is 21.6 Å². The second kappa shape index (κ2) is 14.1. The molecule has 2 heterocycles. The molecular formula is C28H26N4O8S2. The van der Waals surface area contributed by atoms with E-state index >= 15 is 0 Å². The van der Waals surface area contributed by atoms with E-state index in [0.29, 0.717) is 21.8 Å².